The van der Waals surface area contributed by atoms with Gasteiger partial charge in [-0.2, -0.15) is 0 Å². The van der Waals surface area contributed by atoms with Crippen LogP contribution in [0.1, 0.15) is 47.5 Å². The Kier molecular flexibility index (Phi) is 13.4. The first-order valence-electron chi connectivity index (χ1n) is 10.9. The van der Waals surface area contributed by atoms with Crippen LogP contribution in [0.25, 0.3) is 0 Å². The van der Waals surface area contributed by atoms with Crippen LogP contribution in [0.3, 0.4) is 0 Å². The highest BCUT2D eigenvalue weighted by atomic mass is 16.4. The fraction of sp³-hybridized carbons (Fsp3) is 0.650. The zero-order valence-corrected chi connectivity index (χ0v) is 20.5. The van der Waals surface area contributed by atoms with Gasteiger partial charge in [-0.15, -0.1) is 0 Å². The molecule has 0 aliphatic rings. The normalized spacial score (nSPS) is 14.7. The summed E-state index contributed by atoms with van der Waals surface area (Å²) in [6.45, 7) is 6.88. The van der Waals surface area contributed by atoms with E-state index in [1.807, 2.05) is 0 Å². The molecule has 5 amide bonds. The van der Waals surface area contributed by atoms with Crippen LogP contribution in [0.15, 0.2) is 4.99 Å². The molecule has 0 aliphatic carbocycles. The number of rotatable bonds is 14. The van der Waals surface area contributed by atoms with E-state index in [0.29, 0.717) is 6.42 Å². The number of nitrogens with one attached hydrogen (secondary N) is 5. The van der Waals surface area contributed by atoms with Crippen LogP contribution < -0.4 is 38.1 Å². The predicted octanol–water partition coefficient (Wildman–Crippen LogP) is -3.35. The summed E-state index contributed by atoms with van der Waals surface area (Å²) in [6, 6.07) is -5.31. The largest absolute Gasteiger partial charge is 0.480 e. The molecule has 35 heavy (non-hydrogen) atoms. The molecule has 0 saturated carbocycles. The number of amides is 5. The molecule has 0 aromatic rings. The van der Waals surface area contributed by atoms with E-state index in [4.69, 9.17) is 16.6 Å². The van der Waals surface area contributed by atoms with Crippen molar-refractivity contribution < 1.29 is 33.9 Å². The molecule has 0 radical (unpaired) electrons. The zero-order valence-electron chi connectivity index (χ0n) is 20.5. The molecule has 0 fully saturated rings. The van der Waals surface area contributed by atoms with Crippen LogP contribution in [0.5, 0.6) is 0 Å². The topological polar surface area (TPSA) is 247 Å². The van der Waals surface area contributed by atoms with E-state index in [-0.39, 0.29) is 18.9 Å². The number of nitrogens with zero attached hydrogens (tertiary/aromatic N) is 1. The molecule has 0 aliphatic heterocycles. The summed E-state index contributed by atoms with van der Waals surface area (Å²) in [7, 11) is 0. The van der Waals surface area contributed by atoms with Crippen molar-refractivity contribution in [2.45, 2.75) is 77.7 Å². The molecule has 0 aromatic carbocycles. The third-order valence-corrected chi connectivity index (χ3v) is 4.62. The SMILES string of the molecule is CC(=O)N[C@@H](C)C(=O)N[C@@H](C)C(=O)N[C@@H](CCCN=C(N)N)C(=O)N[C@@H](C)C(=O)N[C@@H](C)C(=O)O. The molecule has 15 heteroatoms. The van der Waals surface area contributed by atoms with Crippen LogP contribution in [0.4, 0.5) is 0 Å². The van der Waals surface area contributed by atoms with E-state index in [1.165, 1.54) is 34.6 Å². The van der Waals surface area contributed by atoms with E-state index in [9.17, 15) is 28.8 Å². The van der Waals surface area contributed by atoms with Crippen molar-refractivity contribution in [3.05, 3.63) is 0 Å². The second-order valence-corrected chi connectivity index (χ2v) is 7.96. The van der Waals surface area contributed by atoms with Gasteiger partial charge in [0.05, 0.1) is 0 Å². The second kappa shape index (κ2) is 15.1. The molecular formula is C20H36N8O7. The maximum Gasteiger partial charge on any atom is 0.325 e. The van der Waals surface area contributed by atoms with Gasteiger partial charge >= 0.3 is 5.97 Å². The minimum Gasteiger partial charge on any atom is -0.480 e. The van der Waals surface area contributed by atoms with Crippen molar-refractivity contribution in [1.29, 1.82) is 0 Å². The smallest absolute Gasteiger partial charge is 0.325 e. The lowest BCUT2D eigenvalue weighted by molar-refractivity contribution is -0.141. The van der Waals surface area contributed by atoms with Crippen LogP contribution >= 0.6 is 0 Å². The average Bonchev–Trinajstić information content (AvgIpc) is 2.74. The number of hydrogen-bond donors (Lipinski definition) is 8. The van der Waals surface area contributed by atoms with Gasteiger partial charge in [-0.1, -0.05) is 0 Å². The second-order valence-electron chi connectivity index (χ2n) is 7.96. The number of carboxylic acid groups (broad SMARTS) is 1. The Morgan fingerprint density at radius 3 is 1.60 bits per heavy atom. The van der Waals surface area contributed by atoms with Gasteiger partial charge in [0.15, 0.2) is 5.96 Å². The first kappa shape index (κ1) is 31.1. The molecule has 15 nitrogen and oxygen atoms in total. The summed E-state index contributed by atoms with van der Waals surface area (Å²) in [6.07, 6.45) is 0.393. The van der Waals surface area contributed by atoms with Crippen molar-refractivity contribution >= 4 is 41.5 Å². The molecule has 0 aromatic heterocycles. The minimum atomic E-state index is -1.24. The number of carbonyl (C=O) groups is 6. The summed E-state index contributed by atoms with van der Waals surface area (Å²) in [5, 5.41) is 20.9. The van der Waals surface area contributed by atoms with Crippen molar-refractivity contribution in [2.75, 3.05) is 6.54 Å². The number of carboxylic acids is 1. The highest BCUT2D eigenvalue weighted by Crippen LogP contribution is 2.01. The summed E-state index contributed by atoms with van der Waals surface area (Å²) in [4.78, 5) is 75.5. The van der Waals surface area contributed by atoms with E-state index < -0.39 is 65.7 Å². The van der Waals surface area contributed by atoms with Gasteiger partial charge in [0.1, 0.15) is 30.2 Å². The molecule has 0 heterocycles. The van der Waals surface area contributed by atoms with E-state index in [0.717, 1.165) is 0 Å². The van der Waals surface area contributed by atoms with E-state index in [2.05, 4.69) is 31.6 Å². The standard InChI is InChI=1S/C20H36N8O7/c1-9(24-13(5)29)15(30)25-11(3)17(32)28-14(7-6-8-23-20(21)22)18(33)26-10(2)16(31)27-12(4)19(34)35/h9-12,14H,6-8H2,1-5H3,(H,24,29)(H,25,30)(H,26,33)(H,27,31)(H,28,32)(H,34,35)(H4,21,22,23)/t9-,10-,11-,12-,14-/m0/s1. The minimum absolute atomic E-state index is 0.0944. The quantitative estimate of drug-likeness (QED) is 0.0673. The van der Waals surface area contributed by atoms with Crippen LogP contribution in [0.2, 0.25) is 0 Å². The van der Waals surface area contributed by atoms with Crippen LogP contribution in [-0.2, 0) is 28.8 Å². The monoisotopic (exact) mass is 500 g/mol. The summed E-state index contributed by atoms with van der Waals surface area (Å²) in [5.41, 5.74) is 10.6. The lowest BCUT2D eigenvalue weighted by Gasteiger charge is -2.24. The number of aliphatic carboxylic acids is 1. The van der Waals surface area contributed by atoms with Crippen molar-refractivity contribution in [3.8, 4) is 0 Å². The number of hydrogen-bond acceptors (Lipinski definition) is 7. The zero-order chi connectivity index (χ0) is 27.3. The van der Waals surface area contributed by atoms with Gasteiger partial charge in [0, 0.05) is 13.5 Å². The maximum atomic E-state index is 12.8. The number of nitrogens with two attached hydrogens (primary N) is 2. The number of carbonyl (C=O) groups excluding carboxylic acids is 5. The first-order valence-corrected chi connectivity index (χ1v) is 10.9. The molecule has 0 saturated heterocycles. The number of guanidine groups is 1. The average molecular weight is 501 g/mol. The van der Waals surface area contributed by atoms with Crippen LogP contribution in [-0.4, -0.2) is 83.3 Å². The lowest BCUT2D eigenvalue weighted by atomic mass is 10.1. The summed E-state index contributed by atoms with van der Waals surface area (Å²) < 4.78 is 0. The summed E-state index contributed by atoms with van der Waals surface area (Å²) in [5.74, 6) is -4.53. The molecule has 0 spiro atoms. The van der Waals surface area contributed by atoms with Gasteiger partial charge in [-0.25, -0.2) is 0 Å². The number of aliphatic imine (C=N–C) groups is 1. The van der Waals surface area contributed by atoms with Gasteiger partial charge in [-0.05, 0) is 40.5 Å². The molecule has 198 valence electrons. The van der Waals surface area contributed by atoms with Crippen LogP contribution in [0, 0.1) is 0 Å². The fourth-order valence-electron chi connectivity index (χ4n) is 2.62. The van der Waals surface area contributed by atoms with Gasteiger partial charge in [0.2, 0.25) is 29.5 Å². The van der Waals surface area contributed by atoms with Crippen molar-refractivity contribution in [2.24, 2.45) is 16.5 Å². The third kappa shape index (κ3) is 12.8. The Bertz CT molecular complexity index is 828. The van der Waals surface area contributed by atoms with Gasteiger partial charge in [0.25, 0.3) is 0 Å². The van der Waals surface area contributed by atoms with Crippen molar-refractivity contribution in [3.63, 3.8) is 0 Å². The Hall–Kier alpha value is -3.91. The Morgan fingerprint density at radius 2 is 1.14 bits per heavy atom. The molecule has 5 atom stereocenters. The maximum absolute atomic E-state index is 12.8. The molecule has 10 N–H and O–H groups in total. The summed E-state index contributed by atoms with van der Waals surface area (Å²) >= 11 is 0. The predicted molar refractivity (Wildman–Crippen MR) is 126 cm³/mol. The van der Waals surface area contributed by atoms with Gasteiger partial charge < -0.3 is 43.2 Å². The highest BCUT2D eigenvalue weighted by molar-refractivity contribution is 5.95. The first-order chi connectivity index (χ1) is 16.1. The molecule has 0 bridgehead atoms. The molecular weight excluding hydrogens is 464 g/mol. The van der Waals surface area contributed by atoms with Crippen molar-refractivity contribution in [1.82, 2.24) is 26.6 Å². The Morgan fingerprint density at radius 1 is 0.714 bits per heavy atom. The van der Waals surface area contributed by atoms with E-state index in [1.54, 1.807) is 0 Å². The Balaban J connectivity index is 5.23. The highest BCUT2D eigenvalue weighted by Gasteiger charge is 2.28. The van der Waals surface area contributed by atoms with E-state index >= 15 is 0 Å². The molecule has 0 unspecified atom stereocenters. The third-order valence-electron chi connectivity index (χ3n) is 4.62. The fourth-order valence-corrected chi connectivity index (χ4v) is 2.62. The lowest BCUT2D eigenvalue weighted by Crippen LogP contribution is -2.57. The Labute approximate surface area is 203 Å². The molecule has 0 rings (SSSR count). The van der Waals surface area contributed by atoms with Gasteiger partial charge in [-0.3, -0.25) is 33.8 Å².